The molecule has 3 heterocycles. The van der Waals surface area contributed by atoms with Crippen LogP contribution in [-0.2, 0) is 6.54 Å². The van der Waals surface area contributed by atoms with E-state index in [1.165, 1.54) is 12.8 Å². The molecule has 1 aliphatic rings. The van der Waals surface area contributed by atoms with Gasteiger partial charge in [-0.1, -0.05) is 24.6 Å². The molecule has 0 amide bonds. The summed E-state index contributed by atoms with van der Waals surface area (Å²) in [7, 11) is 0. The summed E-state index contributed by atoms with van der Waals surface area (Å²) in [5, 5.41) is 12.8. The van der Waals surface area contributed by atoms with Crippen LogP contribution in [0.25, 0.3) is 11.5 Å². The zero-order valence-electron chi connectivity index (χ0n) is 14.3. The fourth-order valence-corrected chi connectivity index (χ4v) is 3.51. The van der Waals surface area contributed by atoms with Gasteiger partial charge in [0.05, 0.1) is 12.6 Å². The van der Waals surface area contributed by atoms with Gasteiger partial charge in [0.2, 0.25) is 11.8 Å². The van der Waals surface area contributed by atoms with Gasteiger partial charge in [0, 0.05) is 11.6 Å². The van der Waals surface area contributed by atoms with Gasteiger partial charge in [0.1, 0.15) is 12.7 Å². The summed E-state index contributed by atoms with van der Waals surface area (Å²) in [4.78, 5) is 6.50. The summed E-state index contributed by atoms with van der Waals surface area (Å²) in [6.07, 6.45) is 6.93. The highest BCUT2D eigenvalue weighted by Crippen LogP contribution is 2.30. The number of hydrogen-bond acceptors (Lipinski definition) is 6. The summed E-state index contributed by atoms with van der Waals surface area (Å²) in [6, 6.07) is 10.4. The maximum atomic E-state index is 5.97. The molecule has 3 aromatic rings. The standard InChI is InChI=1S/C18H22N6O/c1-14(17-21-22-18(25-17)15-7-3-2-4-8-15)24-10-6-5-9-16(24)11-23-13-19-12-20-23/h2-4,7-8,12-14,16H,5-6,9-11H2,1H3/t14-,16-/m1/s1. The van der Waals surface area contributed by atoms with Crippen LogP contribution in [0.4, 0.5) is 0 Å². The fourth-order valence-electron chi connectivity index (χ4n) is 3.51. The Bertz CT molecular complexity index is 785. The Balaban J connectivity index is 1.52. The van der Waals surface area contributed by atoms with Crippen molar-refractivity contribution in [3.63, 3.8) is 0 Å². The van der Waals surface area contributed by atoms with E-state index in [1.807, 2.05) is 35.0 Å². The molecule has 1 fully saturated rings. The molecule has 0 aliphatic carbocycles. The Kier molecular flexibility index (Phi) is 4.56. The third kappa shape index (κ3) is 3.46. The average Bonchev–Trinajstić information content (AvgIpc) is 3.34. The summed E-state index contributed by atoms with van der Waals surface area (Å²) in [6.45, 7) is 4.01. The molecular weight excluding hydrogens is 316 g/mol. The molecule has 130 valence electrons. The van der Waals surface area contributed by atoms with Gasteiger partial charge < -0.3 is 4.42 Å². The molecule has 25 heavy (non-hydrogen) atoms. The quantitative estimate of drug-likeness (QED) is 0.712. The van der Waals surface area contributed by atoms with Crippen molar-refractivity contribution in [2.75, 3.05) is 6.54 Å². The van der Waals surface area contributed by atoms with Gasteiger partial charge in [-0.25, -0.2) is 4.98 Å². The molecule has 4 rings (SSSR count). The van der Waals surface area contributed by atoms with E-state index in [9.17, 15) is 0 Å². The van der Waals surface area contributed by atoms with Crippen molar-refractivity contribution in [1.29, 1.82) is 0 Å². The van der Waals surface area contributed by atoms with Crippen molar-refractivity contribution in [3.8, 4) is 11.5 Å². The molecule has 1 aliphatic heterocycles. The third-order valence-corrected chi connectivity index (χ3v) is 4.85. The minimum absolute atomic E-state index is 0.0822. The Labute approximate surface area is 146 Å². The zero-order valence-corrected chi connectivity index (χ0v) is 14.3. The molecule has 1 aromatic carbocycles. The van der Waals surface area contributed by atoms with Gasteiger partial charge in [-0.3, -0.25) is 9.58 Å². The minimum Gasteiger partial charge on any atom is -0.419 e. The predicted molar refractivity (Wildman–Crippen MR) is 92.5 cm³/mol. The van der Waals surface area contributed by atoms with Gasteiger partial charge >= 0.3 is 0 Å². The largest absolute Gasteiger partial charge is 0.419 e. The van der Waals surface area contributed by atoms with E-state index in [-0.39, 0.29) is 6.04 Å². The first-order chi connectivity index (χ1) is 12.3. The smallest absolute Gasteiger partial charge is 0.247 e. The van der Waals surface area contributed by atoms with Crippen molar-refractivity contribution in [2.45, 2.75) is 44.8 Å². The molecular formula is C18H22N6O. The van der Waals surface area contributed by atoms with E-state index in [0.29, 0.717) is 17.8 Å². The third-order valence-electron chi connectivity index (χ3n) is 4.85. The Morgan fingerprint density at radius 1 is 1.20 bits per heavy atom. The zero-order chi connectivity index (χ0) is 17.1. The van der Waals surface area contributed by atoms with Gasteiger partial charge in [0.25, 0.3) is 0 Å². The molecule has 0 saturated carbocycles. The van der Waals surface area contributed by atoms with Crippen LogP contribution in [0.1, 0.15) is 38.1 Å². The molecule has 7 heteroatoms. The van der Waals surface area contributed by atoms with Crippen molar-refractivity contribution < 1.29 is 4.42 Å². The lowest BCUT2D eigenvalue weighted by Gasteiger charge is -2.38. The second-order valence-corrected chi connectivity index (χ2v) is 6.49. The maximum Gasteiger partial charge on any atom is 0.247 e. The van der Waals surface area contributed by atoms with E-state index in [0.717, 1.165) is 25.1 Å². The van der Waals surface area contributed by atoms with Crippen LogP contribution in [0.5, 0.6) is 0 Å². The van der Waals surface area contributed by atoms with Crippen LogP contribution in [0.2, 0.25) is 0 Å². The number of hydrogen-bond donors (Lipinski definition) is 0. The number of nitrogens with zero attached hydrogens (tertiary/aromatic N) is 6. The first kappa shape index (κ1) is 16.0. The number of benzene rings is 1. The molecule has 0 N–H and O–H groups in total. The van der Waals surface area contributed by atoms with Gasteiger partial charge in [-0.15, -0.1) is 10.2 Å². The normalized spacial score (nSPS) is 19.8. The lowest BCUT2D eigenvalue weighted by atomic mass is 10.00. The van der Waals surface area contributed by atoms with E-state index >= 15 is 0 Å². The topological polar surface area (TPSA) is 72.9 Å². The Hall–Kier alpha value is -2.54. The summed E-state index contributed by atoms with van der Waals surface area (Å²) < 4.78 is 7.87. The number of rotatable bonds is 5. The minimum atomic E-state index is 0.0822. The second-order valence-electron chi connectivity index (χ2n) is 6.49. The Morgan fingerprint density at radius 2 is 2.08 bits per heavy atom. The van der Waals surface area contributed by atoms with E-state index < -0.39 is 0 Å². The van der Waals surface area contributed by atoms with Crippen molar-refractivity contribution in [1.82, 2.24) is 29.9 Å². The van der Waals surface area contributed by atoms with E-state index in [1.54, 1.807) is 12.7 Å². The lowest BCUT2D eigenvalue weighted by molar-refractivity contribution is 0.0754. The van der Waals surface area contributed by atoms with Gasteiger partial charge in [0.15, 0.2) is 0 Å². The molecule has 0 radical (unpaired) electrons. The van der Waals surface area contributed by atoms with Gasteiger partial charge in [-0.2, -0.15) is 5.10 Å². The number of aromatic nitrogens is 5. The van der Waals surface area contributed by atoms with Crippen molar-refractivity contribution >= 4 is 0 Å². The first-order valence-electron chi connectivity index (χ1n) is 8.78. The van der Waals surface area contributed by atoms with E-state index in [2.05, 4.69) is 32.1 Å². The second kappa shape index (κ2) is 7.14. The van der Waals surface area contributed by atoms with Crippen LogP contribution >= 0.6 is 0 Å². The van der Waals surface area contributed by atoms with Crippen LogP contribution in [0.15, 0.2) is 47.4 Å². The van der Waals surface area contributed by atoms with E-state index in [4.69, 9.17) is 4.42 Å². The van der Waals surface area contributed by atoms with Crippen LogP contribution < -0.4 is 0 Å². The first-order valence-corrected chi connectivity index (χ1v) is 8.78. The number of piperidine rings is 1. The average molecular weight is 338 g/mol. The number of likely N-dealkylation sites (tertiary alicyclic amines) is 1. The van der Waals surface area contributed by atoms with Crippen LogP contribution in [0.3, 0.4) is 0 Å². The highest BCUT2D eigenvalue weighted by molar-refractivity contribution is 5.51. The molecule has 0 unspecified atom stereocenters. The summed E-state index contributed by atoms with van der Waals surface area (Å²) >= 11 is 0. The molecule has 1 saturated heterocycles. The van der Waals surface area contributed by atoms with Crippen molar-refractivity contribution in [2.24, 2.45) is 0 Å². The van der Waals surface area contributed by atoms with Gasteiger partial charge in [-0.05, 0) is 38.4 Å². The maximum absolute atomic E-state index is 5.97. The molecule has 0 bridgehead atoms. The molecule has 7 nitrogen and oxygen atoms in total. The Morgan fingerprint density at radius 3 is 2.88 bits per heavy atom. The summed E-state index contributed by atoms with van der Waals surface area (Å²) in [5.74, 6) is 1.25. The summed E-state index contributed by atoms with van der Waals surface area (Å²) in [5.41, 5.74) is 0.950. The SMILES string of the molecule is C[C@H](c1nnc(-c2ccccc2)o1)N1CCCC[C@@H]1Cn1cncn1. The lowest BCUT2D eigenvalue weighted by Crippen LogP contribution is -2.43. The predicted octanol–water partition coefficient (Wildman–Crippen LogP) is 2.94. The highest BCUT2D eigenvalue weighted by atomic mass is 16.4. The van der Waals surface area contributed by atoms with Crippen molar-refractivity contribution in [3.05, 3.63) is 48.9 Å². The van der Waals surface area contributed by atoms with Crippen LogP contribution in [-0.4, -0.2) is 42.4 Å². The molecule has 2 aromatic heterocycles. The molecule has 2 atom stereocenters. The van der Waals surface area contributed by atoms with Crippen LogP contribution in [0, 0.1) is 0 Å². The monoisotopic (exact) mass is 338 g/mol. The molecule has 0 spiro atoms. The highest BCUT2D eigenvalue weighted by Gasteiger charge is 2.30. The fraction of sp³-hybridized carbons (Fsp3) is 0.444.